The molecule has 1 aliphatic rings. The lowest BCUT2D eigenvalue weighted by Crippen LogP contribution is -2.29. The normalized spacial score (nSPS) is 15.8. The van der Waals surface area contributed by atoms with Gasteiger partial charge in [0.05, 0.1) is 26.4 Å². The number of nitrogens with one attached hydrogen (secondary N) is 1. The monoisotopic (exact) mass is 372 g/mol. The molecule has 8 heteroatoms. The van der Waals surface area contributed by atoms with Crippen molar-refractivity contribution >= 4 is 11.9 Å². The molecule has 3 rings (SSSR count). The van der Waals surface area contributed by atoms with E-state index >= 15 is 0 Å². The van der Waals surface area contributed by atoms with Crippen molar-refractivity contribution in [2.75, 3.05) is 26.1 Å². The molecule has 2 aromatic rings. The first-order chi connectivity index (χ1) is 13.1. The minimum Gasteiger partial charge on any atom is -0.493 e. The van der Waals surface area contributed by atoms with E-state index in [2.05, 4.69) is 22.3 Å². The third-order valence-electron chi connectivity index (χ3n) is 4.47. The molecule has 1 aliphatic heterocycles. The maximum absolute atomic E-state index is 12.8. The van der Waals surface area contributed by atoms with Crippen molar-refractivity contribution in [2.45, 2.75) is 32.7 Å². The topological polar surface area (TPSA) is 87.5 Å². The lowest BCUT2D eigenvalue weighted by Gasteiger charge is -2.28. The Bertz CT molecular complexity index is 859. The van der Waals surface area contributed by atoms with Crippen LogP contribution in [0.15, 0.2) is 35.8 Å². The van der Waals surface area contributed by atoms with E-state index in [1.165, 1.54) is 6.33 Å². The van der Waals surface area contributed by atoms with E-state index in [0.29, 0.717) is 35.3 Å². The molecular weight excluding hydrogens is 348 g/mol. The summed E-state index contributed by atoms with van der Waals surface area (Å²) in [5, 5.41) is 7.43. The number of rotatable bonds is 7. The van der Waals surface area contributed by atoms with E-state index in [-0.39, 0.29) is 5.97 Å². The van der Waals surface area contributed by atoms with E-state index in [0.717, 1.165) is 18.4 Å². The summed E-state index contributed by atoms with van der Waals surface area (Å²) in [6.07, 6.45) is 3.23. The number of methoxy groups -OCH3 is 2. The first-order valence-corrected chi connectivity index (χ1v) is 8.87. The van der Waals surface area contributed by atoms with Crippen LogP contribution < -0.4 is 14.8 Å². The third-order valence-corrected chi connectivity index (χ3v) is 4.47. The summed E-state index contributed by atoms with van der Waals surface area (Å²) < 4.78 is 17.9. The van der Waals surface area contributed by atoms with Crippen LogP contribution in [0.4, 0.5) is 5.95 Å². The van der Waals surface area contributed by atoms with Crippen molar-refractivity contribution in [3.8, 4) is 11.5 Å². The van der Waals surface area contributed by atoms with Gasteiger partial charge in [-0.2, -0.15) is 10.1 Å². The van der Waals surface area contributed by atoms with Gasteiger partial charge in [0, 0.05) is 5.70 Å². The van der Waals surface area contributed by atoms with Gasteiger partial charge in [-0.25, -0.2) is 9.48 Å². The second kappa shape index (κ2) is 8.11. The van der Waals surface area contributed by atoms with E-state index in [9.17, 15) is 4.79 Å². The molecule has 27 heavy (non-hydrogen) atoms. The SMILES string of the molecule is CCCCOC(=O)C1=C(C)Nc2ncnn2[C@H]1c1ccc(OC)c(OC)c1. The quantitative estimate of drug-likeness (QED) is 0.590. The zero-order valence-corrected chi connectivity index (χ0v) is 16.0. The number of aromatic nitrogens is 3. The summed E-state index contributed by atoms with van der Waals surface area (Å²) >= 11 is 0. The van der Waals surface area contributed by atoms with Crippen LogP contribution in [-0.4, -0.2) is 41.6 Å². The Kier molecular flexibility index (Phi) is 5.63. The van der Waals surface area contributed by atoms with Crippen molar-refractivity contribution in [1.29, 1.82) is 0 Å². The molecule has 2 heterocycles. The van der Waals surface area contributed by atoms with Gasteiger partial charge in [-0.3, -0.25) is 0 Å². The molecule has 0 spiro atoms. The molecule has 0 aliphatic carbocycles. The highest BCUT2D eigenvalue weighted by Crippen LogP contribution is 2.38. The minimum absolute atomic E-state index is 0.366. The van der Waals surface area contributed by atoms with Gasteiger partial charge < -0.3 is 19.5 Å². The average Bonchev–Trinajstić information content (AvgIpc) is 3.14. The van der Waals surface area contributed by atoms with Crippen LogP contribution in [0.5, 0.6) is 11.5 Å². The van der Waals surface area contributed by atoms with Crippen molar-refractivity contribution in [1.82, 2.24) is 14.8 Å². The van der Waals surface area contributed by atoms with Crippen molar-refractivity contribution in [3.63, 3.8) is 0 Å². The lowest BCUT2D eigenvalue weighted by atomic mass is 9.95. The molecule has 0 saturated heterocycles. The molecule has 0 radical (unpaired) electrons. The zero-order valence-electron chi connectivity index (χ0n) is 16.0. The molecule has 0 bridgehead atoms. The number of allylic oxidation sites excluding steroid dienone is 1. The number of hydrogen-bond donors (Lipinski definition) is 1. The van der Waals surface area contributed by atoms with Crippen LogP contribution in [0.1, 0.15) is 38.3 Å². The number of unbranched alkanes of at least 4 members (excludes halogenated alkanes) is 1. The van der Waals surface area contributed by atoms with Gasteiger partial charge >= 0.3 is 5.97 Å². The van der Waals surface area contributed by atoms with Crippen molar-refractivity contribution in [3.05, 3.63) is 41.4 Å². The lowest BCUT2D eigenvalue weighted by molar-refractivity contribution is -0.139. The fourth-order valence-corrected chi connectivity index (χ4v) is 3.07. The highest BCUT2D eigenvalue weighted by Gasteiger charge is 2.34. The molecule has 1 atom stereocenters. The van der Waals surface area contributed by atoms with Crippen LogP contribution in [0.25, 0.3) is 0 Å². The summed E-state index contributed by atoms with van der Waals surface area (Å²) in [4.78, 5) is 17.1. The molecular formula is C19H24N4O4. The molecule has 0 unspecified atom stereocenters. The Morgan fingerprint density at radius 3 is 2.74 bits per heavy atom. The third kappa shape index (κ3) is 3.60. The summed E-state index contributed by atoms with van der Waals surface area (Å²) in [7, 11) is 3.16. The Labute approximate surface area is 158 Å². The second-order valence-electron chi connectivity index (χ2n) is 6.20. The predicted octanol–water partition coefficient (Wildman–Crippen LogP) is 2.93. The highest BCUT2D eigenvalue weighted by atomic mass is 16.5. The first-order valence-electron chi connectivity index (χ1n) is 8.87. The number of ether oxygens (including phenoxy) is 3. The fourth-order valence-electron chi connectivity index (χ4n) is 3.07. The number of carbonyl (C=O) groups excluding carboxylic acids is 1. The van der Waals surface area contributed by atoms with Crippen molar-refractivity contribution in [2.24, 2.45) is 0 Å². The van der Waals surface area contributed by atoms with Crippen LogP contribution >= 0.6 is 0 Å². The Balaban J connectivity index is 2.05. The second-order valence-corrected chi connectivity index (χ2v) is 6.20. The Hall–Kier alpha value is -3.03. The molecule has 1 aromatic heterocycles. The number of benzene rings is 1. The van der Waals surface area contributed by atoms with Crippen LogP contribution in [0.3, 0.4) is 0 Å². The van der Waals surface area contributed by atoms with Gasteiger partial charge in [-0.15, -0.1) is 0 Å². The molecule has 1 aromatic carbocycles. The highest BCUT2D eigenvalue weighted by molar-refractivity contribution is 5.92. The number of anilines is 1. The van der Waals surface area contributed by atoms with Gasteiger partial charge in [0.25, 0.3) is 0 Å². The van der Waals surface area contributed by atoms with Gasteiger partial charge in [-0.05, 0) is 31.0 Å². The summed E-state index contributed by atoms with van der Waals surface area (Å²) in [5.74, 6) is 1.39. The van der Waals surface area contributed by atoms with Crippen LogP contribution in [0, 0.1) is 0 Å². The smallest absolute Gasteiger partial charge is 0.338 e. The van der Waals surface area contributed by atoms with Gasteiger partial charge in [0.15, 0.2) is 11.5 Å². The van der Waals surface area contributed by atoms with E-state index in [1.807, 2.05) is 25.1 Å². The minimum atomic E-state index is -0.474. The molecule has 0 amide bonds. The molecule has 0 fully saturated rings. The van der Waals surface area contributed by atoms with Gasteiger partial charge in [-0.1, -0.05) is 19.4 Å². The zero-order chi connectivity index (χ0) is 19.4. The van der Waals surface area contributed by atoms with Crippen molar-refractivity contribution < 1.29 is 19.0 Å². The summed E-state index contributed by atoms with van der Waals surface area (Å²) in [5.41, 5.74) is 2.01. The number of nitrogens with zero attached hydrogens (tertiary/aromatic N) is 3. The standard InChI is InChI=1S/C19H24N4O4/c1-5-6-9-27-18(24)16-12(2)22-19-20-11-21-23(19)17(16)13-7-8-14(25-3)15(10-13)26-4/h7-8,10-11,17H,5-6,9H2,1-4H3,(H,20,21,22)/t17-/m0/s1. The van der Waals surface area contributed by atoms with Crippen LogP contribution in [-0.2, 0) is 9.53 Å². The molecule has 144 valence electrons. The van der Waals surface area contributed by atoms with Gasteiger partial charge in [0.1, 0.15) is 12.4 Å². The number of fused-ring (bicyclic) bond motifs is 1. The first kappa shape index (κ1) is 18.8. The molecule has 8 nitrogen and oxygen atoms in total. The summed E-state index contributed by atoms with van der Waals surface area (Å²) in [6, 6.07) is 5.06. The number of carbonyl (C=O) groups is 1. The summed E-state index contributed by atoms with van der Waals surface area (Å²) in [6.45, 7) is 4.27. The van der Waals surface area contributed by atoms with Gasteiger partial charge in [0.2, 0.25) is 5.95 Å². The van der Waals surface area contributed by atoms with E-state index < -0.39 is 6.04 Å². The fraction of sp³-hybridized carbons (Fsp3) is 0.421. The van der Waals surface area contributed by atoms with Crippen LogP contribution in [0.2, 0.25) is 0 Å². The number of hydrogen-bond acceptors (Lipinski definition) is 7. The molecule has 1 N–H and O–H groups in total. The average molecular weight is 372 g/mol. The number of esters is 1. The maximum atomic E-state index is 12.8. The largest absolute Gasteiger partial charge is 0.493 e. The van der Waals surface area contributed by atoms with E-state index in [1.54, 1.807) is 18.9 Å². The Morgan fingerprint density at radius 1 is 1.26 bits per heavy atom. The van der Waals surface area contributed by atoms with E-state index in [4.69, 9.17) is 14.2 Å². The molecule has 0 saturated carbocycles. The Morgan fingerprint density at radius 2 is 2.04 bits per heavy atom. The predicted molar refractivity (Wildman–Crippen MR) is 99.9 cm³/mol. The maximum Gasteiger partial charge on any atom is 0.338 e.